The number of hydrogen-bond acceptors (Lipinski definition) is 3. The summed E-state index contributed by atoms with van der Waals surface area (Å²) in [4.78, 5) is 12.0. The quantitative estimate of drug-likeness (QED) is 0.890. The molecule has 0 aliphatic carbocycles. The number of benzene rings is 1. The van der Waals surface area contributed by atoms with E-state index in [0.29, 0.717) is 6.54 Å². The SMILES string of the molecule is COc1ccccc1CNC(=O)NC(C)c1cn(C)nc1C. The second kappa shape index (κ2) is 6.98. The van der Waals surface area contributed by atoms with Gasteiger partial charge >= 0.3 is 6.03 Å². The molecule has 0 saturated carbocycles. The molecule has 1 atom stereocenters. The largest absolute Gasteiger partial charge is 0.496 e. The third-order valence-electron chi connectivity index (χ3n) is 3.50. The van der Waals surface area contributed by atoms with Crippen LogP contribution in [0.15, 0.2) is 30.5 Å². The van der Waals surface area contributed by atoms with Gasteiger partial charge in [-0.25, -0.2) is 4.79 Å². The van der Waals surface area contributed by atoms with E-state index in [0.717, 1.165) is 22.6 Å². The third kappa shape index (κ3) is 3.78. The van der Waals surface area contributed by atoms with Crippen LogP contribution in [0.1, 0.15) is 29.8 Å². The van der Waals surface area contributed by atoms with Gasteiger partial charge in [0.05, 0.1) is 18.8 Å². The number of carbonyl (C=O) groups excluding carboxylic acids is 1. The maximum absolute atomic E-state index is 12.0. The molecule has 6 heteroatoms. The number of aryl methyl sites for hydroxylation is 2. The molecule has 0 bridgehead atoms. The highest BCUT2D eigenvalue weighted by atomic mass is 16.5. The molecule has 2 rings (SSSR count). The van der Waals surface area contributed by atoms with Crippen molar-refractivity contribution in [1.29, 1.82) is 0 Å². The number of methoxy groups -OCH3 is 1. The summed E-state index contributed by atoms with van der Waals surface area (Å²) < 4.78 is 7.01. The van der Waals surface area contributed by atoms with Crippen molar-refractivity contribution >= 4 is 6.03 Å². The molecule has 118 valence electrons. The summed E-state index contributed by atoms with van der Waals surface area (Å²) in [6.45, 7) is 4.28. The Balaban J connectivity index is 1.91. The van der Waals surface area contributed by atoms with E-state index in [9.17, 15) is 4.79 Å². The van der Waals surface area contributed by atoms with Crippen LogP contribution in [-0.2, 0) is 13.6 Å². The highest BCUT2D eigenvalue weighted by molar-refractivity contribution is 5.74. The van der Waals surface area contributed by atoms with E-state index < -0.39 is 0 Å². The normalized spacial score (nSPS) is 11.8. The number of nitrogens with one attached hydrogen (secondary N) is 2. The lowest BCUT2D eigenvalue weighted by Gasteiger charge is -2.15. The maximum Gasteiger partial charge on any atom is 0.315 e. The number of para-hydroxylation sites is 1. The molecule has 2 aromatic rings. The number of amides is 2. The van der Waals surface area contributed by atoms with Crippen molar-refractivity contribution in [3.05, 3.63) is 47.3 Å². The molecule has 0 saturated heterocycles. The van der Waals surface area contributed by atoms with Crippen LogP contribution in [0.2, 0.25) is 0 Å². The average Bonchev–Trinajstić information content (AvgIpc) is 2.84. The van der Waals surface area contributed by atoms with E-state index >= 15 is 0 Å². The number of rotatable bonds is 5. The van der Waals surface area contributed by atoms with E-state index in [4.69, 9.17) is 4.74 Å². The molecule has 1 heterocycles. The fourth-order valence-corrected chi connectivity index (χ4v) is 2.39. The van der Waals surface area contributed by atoms with Gasteiger partial charge in [-0.3, -0.25) is 4.68 Å². The number of nitrogens with zero attached hydrogens (tertiary/aromatic N) is 2. The third-order valence-corrected chi connectivity index (χ3v) is 3.50. The summed E-state index contributed by atoms with van der Waals surface area (Å²) in [6, 6.07) is 7.28. The standard InChI is InChI=1S/C16H22N4O2/c1-11(14-10-20(3)19-12(14)2)18-16(21)17-9-13-7-5-6-8-15(13)22-4/h5-8,10-11H,9H2,1-4H3,(H2,17,18,21). The Bertz CT molecular complexity index is 651. The van der Waals surface area contributed by atoms with Gasteiger partial charge in [0, 0.05) is 30.9 Å². The molecule has 1 unspecified atom stereocenters. The second-order valence-corrected chi connectivity index (χ2v) is 5.20. The van der Waals surface area contributed by atoms with Crippen LogP contribution in [-0.4, -0.2) is 22.9 Å². The van der Waals surface area contributed by atoms with Crippen LogP contribution in [0.5, 0.6) is 5.75 Å². The van der Waals surface area contributed by atoms with Gasteiger partial charge in [0.1, 0.15) is 5.75 Å². The van der Waals surface area contributed by atoms with Gasteiger partial charge in [-0.05, 0) is 19.9 Å². The predicted molar refractivity (Wildman–Crippen MR) is 84.7 cm³/mol. The van der Waals surface area contributed by atoms with E-state index in [-0.39, 0.29) is 12.1 Å². The number of hydrogen-bond donors (Lipinski definition) is 2. The summed E-state index contributed by atoms with van der Waals surface area (Å²) in [5.41, 5.74) is 2.86. The van der Waals surface area contributed by atoms with Crippen molar-refractivity contribution in [3.8, 4) is 5.75 Å². The molecule has 0 radical (unpaired) electrons. The van der Waals surface area contributed by atoms with Crippen molar-refractivity contribution in [2.24, 2.45) is 7.05 Å². The second-order valence-electron chi connectivity index (χ2n) is 5.20. The van der Waals surface area contributed by atoms with Crippen molar-refractivity contribution in [2.45, 2.75) is 26.4 Å². The molecule has 0 aliphatic rings. The monoisotopic (exact) mass is 302 g/mol. The Morgan fingerprint density at radius 2 is 2.14 bits per heavy atom. The topological polar surface area (TPSA) is 68.2 Å². The lowest BCUT2D eigenvalue weighted by atomic mass is 10.1. The minimum atomic E-state index is -0.221. The molecular formula is C16H22N4O2. The minimum absolute atomic E-state index is 0.105. The molecule has 0 fully saturated rings. The van der Waals surface area contributed by atoms with Crippen LogP contribution in [0.4, 0.5) is 4.79 Å². The molecule has 2 N–H and O–H groups in total. The first-order chi connectivity index (χ1) is 10.5. The summed E-state index contributed by atoms with van der Waals surface area (Å²) in [6.07, 6.45) is 1.92. The number of ether oxygens (including phenoxy) is 1. The first-order valence-electron chi connectivity index (χ1n) is 7.17. The predicted octanol–water partition coefficient (Wildman–Crippen LogP) is 2.30. The zero-order chi connectivity index (χ0) is 16.1. The minimum Gasteiger partial charge on any atom is -0.496 e. The zero-order valence-electron chi connectivity index (χ0n) is 13.4. The van der Waals surface area contributed by atoms with Gasteiger partial charge in [0.15, 0.2) is 0 Å². The fraction of sp³-hybridized carbons (Fsp3) is 0.375. The zero-order valence-corrected chi connectivity index (χ0v) is 13.4. The van der Waals surface area contributed by atoms with Crippen molar-refractivity contribution < 1.29 is 9.53 Å². The smallest absolute Gasteiger partial charge is 0.315 e. The summed E-state index contributed by atoms with van der Waals surface area (Å²) in [5.74, 6) is 0.763. The van der Waals surface area contributed by atoms with Gasteiger partial charge in [0.25, 0.3) is 0 Å². The molecule has 22 heavy (non-hydrogen) atoms. The number of urea groups is 1. The molecule has 1 aromatic heterocycles. The van der Waals surface area contributed by atoms with Gasteiger partial charge in [-0.1, -0.05) is 18.2 Å². The van der Waals surface area contributed by atoms with Gasteiger partial charge in [-0.15, -0.1) is 0 Å². The van der Waals surface area contributed by atoms with Crippen molar-refractivity contribution in [1.82, 2.24) is 20.4 Å². The van der Waals surface area contributed by atoms with Gasteiger partial charge in [-0.2, -0.15) is 5.10 Å². The van der Waals surface area contributed by atoms with E-state index in [1.807, 2.05) is 51.4 Å². The van der Waals surface area contributed by atoms with Gasteiger partial charge in [0.2, 0.25) is 0 Å². The van der Waals surface area contributed by atoms with Crippen LogP contribution in [0, 0.1) is 6.92 Å². The Morgan fingerprint density at radius 3 is 2.77 bits per heavy atom. The summed E-state index contributed by atoms with van der Waals surface area (Å²) >= 11 is 0. The van der Waals surface area contributed by atoms with Crippen molar-refractivity contribution in [3.63, 3.8) is 0 Å². The molecular weight excluding hydrogens is 280 g/mol. The summed E-state index contributed by atoms with van der Waals surface area (Å²) in [5, 5.41) is 10.0. The van der Waals surface area contributed by atoms with Crippen molar-refractivity contribution in [2.75, 3.05) is 7.11 Å². The molecule has 0 aliphatic heterocycles. The van der Waals surface area contributed by atoms with E-state index in [1.165, 1.54) is 0 Å². The van der Waals surface area contributed by atoms with E-state index in [1.54, 1.807) is 11.8 Å². The van der Waals surface area contributed by atoms with Crippen LogP contribution >= 0.6 is 0 Å². The lowest BCUT2D eigenvalue weighted by molar-refractivity contribution is 0.237. The van der Waals surface area contributed by atoms with Crippen LogP contribution in [0.25, 0.3) is 0 Å². The van der Waals surface area contributed by atoms with Crippen LogP contribution in [0.3, 0.4) is 0 Å². The highest BCUT2D eigenvalue weighted by Gasteiger charge is 2.14. The lowest BCUT2D eigenvalue weighted by Crippen LogP contribution is -2.36. The average molecular weight is 302 g/mol. The summed E-state index contributed by atoms with van der Waals surface area (Å²) in [7, 11) is 3.48. The van der Waals surface area contributed by atoms with Crippen LogP contribution < -0.4 is 15.4 Å². The van der Waals surface area contributed by atoms with Gasteiger partial charge < -0.3 is 15.4 Å². The first kappa shape index (κ1) is 15.9. The number of carbonyl (C=O) groups is 1. The Hall–Kier alpha value is -2.50. The molecule has 0 spiro atoms. The molecule has 1 aromatic carbocycles. The molecule has 2 amide bonds. The van der Waals surface area contributed by atoms with E-state index in [2.05, 4.69) is 15.7 Å². The molecule has 6 nitrogen and oxygen atoms in total. The Morgan fingerprint density at radius 1 is 1.41 bits per heavy atom. The number of aromatic nitrogens is 2. The Labute approximate surface area is 130 Å². The fourth-order valence-electron chi connectivity index (χ4n) is 2.39. The maximum atomic E-state index is 12.0. The first-order valence-corrected chi connectivity index (χ1v) is 7.17. The Kier molecular flexibility index (Phi) is 5.04. The highest BCUT2D eigenvalue weighted by Crippen LogP contribution is 2.17.